The van der Waals surface area contributed by atoms with E-state index in [0.29, 0.717) is 33.2 Å². The molecule has 4 rings (SSSR count). The molecule has 6 heteroatoms. The lowest BCUT2D eigenvalue weighted by Gasteiger charge is -2.32. The maximum Gasteiger partial charge on any atom is 0.259 e. The predicted octanol–water partition coefficient (Wildman–Crippen LogP) is 3.32. The molecular weight excluding hydrogens is 328 g/mol. The molecule has 0 spiro atoms. The van der Waals surface area contributed by atoms with Gasteiger partial charge in [0.05, 0.1) is 22.4 Å². The molecule has 2 heterocycles. The standard InChI is InChI=1S/C18H13ClN2O3/c1-21-9-13-16(22)12-4-2-3-5-15(12)24-17(13)20-14-8-10(19)6-7-11(14)18(21)23/h2-9,17,20H,1H3/b13-9-. The molecule has 0 aliphatic carbocycles. The van der Waals surface area contributed by atoms with Gasteiger partial charge in [0.2, 0.25) is 6.23 Å². The van der Waals surface area contributed by atoms with Crippen LogP contribution in [0, 0.1) is 0 Å². The summed E-state index contributed by atoms with van der Waals surface area (Å²) in [5.41, 5.74) is 1.85. The van der Waals surface area contributed by atoms with Crippen molar-refractivity contribution in [3.8, 4) is 5.75 Å². The molecule has 2 aromatic carbocycles. The molecule has 0 saturated heterocycles. The first kappa shape index (κ1) is 14.8. The van der Waals surface area contributed by atoms with Crippen molar-refractivity contribution < 1.29 is 14.3 Å². The molecule has 0 aromatic heterocycles. The average Bonchev–Trinajstić information content (AvgIpc) is 2.57. The Morgan fingerprint density at radius 3 is 2.75 bits per heavy atom. The van der Waals surface area contributed by atoms with Crippen molar-refractivity contribution in [3.63, 3.8) is 0 Å². The van der Waals surface area contributed by atoms with Crippen molar-refractivity contribution in [1.29, 1.82) is 0 Å². The Kier molecular flexibility index (Phi) is 3.32. The zero-order valence-electron chi connectivity index (χ0n) is 12.7. The molecule has 0 bridgehead atoms. The number of nitrogens with one attached hydrogen (secondary N) is 1. The van der Waals surface area contributed by atoms with Crippen LogP contribution in [0.25, 0.3) is 0 Å². The summed E-state index contributed by atoms with van der Waals surface area (Å²) in [5, 5.41) is 3.61. The number of benzene rings is 2. The van der Waals surface area contributed by atoms with Gasteiger partial charge in [-0.05, 0) is 30.3 Å². The molecule has 0 saturated carbocycles. The van der Waals surface area contributed by atoms with Crippen LogP contribution in [0.3, 0.4) is 0 Å². The van der Waals surface area contributed by atoms with Crippen LogP contribution in [0.15, 0.2) is 54.2 Å². The predicted molar refractivity (Wildman–Crippen MR) is 90.4 cm³/mol. The van der Waals surface area contributed by atoms with Gasteiger partial charge in [0.15, 0.2) is 5.78 Å². The van der Waals surface area contributed by atoms with Crippen LogP contribution < -0.4 is 10.1 Å². The minimum absolute atomic E-state index is 0.167. The Labute approximate surface area is 143 Å². The van der Waals surface area contributed by atoms with Crippen molar-refractivity contribution in [1.82, 2.24) is 4.90 Å². The third-order valence-corrected chi connectivity index (χ3v) is 4.31. The van der Waals surface area contributed by atoms with Crippen molar-refractivity contribution in [2.45, 2.75) is 6.23 Å². The third-order valence-electron chi connectivity index (χ3n) is 4.07. The Bertz CT molecular complexity index is 907. The summed E-state index contributed by atoms with van der Waals surface area (Å²) in [4.78, 5) is 26.8. The molecule has 2 aliphatic rings. The van der Waals surface area contributed by atoms with E-state index in [0.717, 1.165) is 0 Å². The van der Waals surface area contributed by atoms with Gasteiger partial charge in [-0.1, -0.05) is 23.7 Å². The largest absolute Gasteiger partial charge is 0.466 e. The van der Waals surface area contributed by atoms with E-state index >= 15 is 0 Å². The Hall–Kier alpha value is -2.79. The first-order valence-electron chi connectivity index (χ1n) is 7.40. The van der Waals surface area contributed by atoms with Gasteiger partial charge < -0.3 is 15.0 Å². The van der Waals surface area contributed by atoms with E-state index in [2.05, 4.69) is 5.32 Å². The second-order valence-corrected chi connectivity index (χ2v) is 6.09. The average molecular weight is 341 g/mol. The van der Waals surface area contributed by atoms with Crippen molar-refractivity contribution in [2.24, 2.45) is 0 Å². The summed E-state index contributed by atoms with van der Waals surface area (Å²) >= 11 is 6.05. The highest BCUT2D eigenvalue weighted by Crippen LogP contribution is 2.34. The monoisotopic (exact) mass is 340 g/mol. The number of hydrogen-bond acceptors (Lipinski definition) is 4. The van der Waals surface area contributed by atoms with Gasteiger partial charge in [-0.3, -0.25) is 9.59 Å². The number of nitrogens with zero attached hydrogens (tertiary/aromatic N) is 1. The van der Waals surface area contributed by atoms with Gasteiger partial charge in [-0.2, -0.15) is 0 Å². The molecular formula is C18H13ClN2O3. The van der Waals surface area contributed by atoms with Gasteiger partial charge in [-0.25, -0.2) is 0 Å². The fraction of sp³-hybridized carbons (Fsp3) is 0.111. The van der Waals surface area contributed by atoms with Gasteiger partial charge in [-0.15, -0.1) is 0 Å². The summed E-state index contributed by atoms with van der Waals surface area (Å²) < 4.78 is 5.94. The first-order valence-corrected chi connectivity index (χ1v) is 7.78. The Balaban J connectivity index is 1.87. The number of carbonyl (C=O) groups excluding carboxylic acids is 2. The highest BCUT2D eigenvalue weighted by molar-refractivity contribution is 6.31. The summed E-state index contributed by atoms with van der Waals surface area (Å²) in [6.45, 7) is 0. The van der Waals surface area contributed by atoms with E-state index in [1.54, 1.807) is 43.4 Å². The number of hydrogen-bond donors (Lipinski definition) is 1. The molecule has 1 amide bonds. The molecule has 1 atom stereocenters. The molecule has 2 aromatic rings. The van der Waals surface area contributed by atoms with E-state index in [4.69, 9.17) is 16.3 Å². The van der Waals surface area contributed by atoms with Crippen LogP contribution in [0.5, 0.6) is 5.75 Å². The van der Waals surface area contributed by atoms with Crippen molar-refractivity contribution in [2.75, 3.05) is 12.4 Å². The van der Waals surface area contributed by atoms with E-state index in [1.165, 1.54) is 11.1 Å². The molecule has 1 N–H and O–H groups in total. The molecule has 2 aliphatic heterocycles. The lowest BCUT2D eigenvalue weighted by atomic mass is 9.97. The molecule has 1 unspecified atom stereocenters. The van der Waals surface area contributed by atoms with E-state index < -0.39 is 6.23 Å². The van der Waals surface area contributed by atoms with Crippen LogP contribution in [-0.2, 0) is 0 Å². The zero-order valence-corrected chi connectivity index (χ0v) is 13.5. The molecule has 24 heavy (non-hydrogen) atoms. The highest BCUT2D eigenvalue weighted by Gasteiger charge is 2.35. The maximum absolute atomic E-state index is 12.8. The van der Waals surface area contributed by atoms with Gasteiger partial charge in [0, 0.05) is 18.3 Å². The van der Waals surface area contributed by atoms with Crippen LogP contribution in [0.2, 0.25) is 5.02 Å². The summed E-state index contributed by atoms with van der Waals surface area (Å²) in [6.07, 6.45) is 0.829. The lowest BCUT2D eigenvalue weighted by Crippen LogP contribution is -2.40. The SMILES string of the molecule is CN1/C=C2/C(=O)c3ccccc3OC2Nc2cc(Cl)ccc2C1=O. The number of anilines is 1. The fourth-order valence-electron chi connectivity index (χ4n) is 2.88. The van der Waals surface area contributed by atoms with E-state index in [1.807, 2.05) is 6.07 Å². The highest BCUT2D eigenvalue weighted by atomic mass is 35.5. The van der Waals surface area contributed by atoms with Crippen LogP contribution in [0.1, 0.15) is 20.7 Å². The number of rotatable bonds is 0. The van der Waals surface area contributed by atoms with Gasteiger partial charge in [0.25, 0.3) is 5.91 Å². The Morgan fingerprint density at radius 1 is 1.12 bits per heavy atom. The van der Waals surface area contributed by atoms with Crippen LogP contribution in [-0.4, -0.2) is 29.9 Å². The maximum atomic E-state index is 12.8. The molecule has 0 fully saturated rings. The second kappa shape index (κ2) is 5.39. The molecule has 120 valence electrons. The number of para-hydroxylation sites is 1. The van der Waals surface area contributed by atoms with Gasteiger partial charge in [0.1, 0.15) is 5.75 Å². The third kappa shape index (κ3) is 2.25. The number of fused-ring (bicyclic) bond motifs is 3. The van der Waals surface area contributed by atoms with Crippen molar-refractivity contribution in [3.05, 3.63) is 70.4 Å². The number of ether oxygens (including phenoxy) is 1. The number of ketones is 1. The quantitative estimate of drug-likeness (QED) is 0.799. The topological polar surface area (TPSA) is 58.6 Å². The van der Waals surface area contributed by atoms with Gasteiger partial charge >= 0.3 is 0 Å². The minimum Gasteiger partial charge on any atom is -0.466 e. The normalized spacial score (nSPS) is 21.2. The summed E-state index contributed by atoms with van der Waals surface area (Å²) in [7, 11) is 1.61. The fourth-order valence-corrected chi connectivity index (χ4v) is 3.05. The number of amides is 1. The van der Waals surface area contributed by atoms with Crippen molar-refractivity contribution >= 4 is 29.0 Å². The van der Waals surface area contributed by atoms with Crippen LogP contribution in [0.4, 0.5) is 5.69 Å². The zero-order chi connectivity index (χ0) is 16.8. The summed E-state index contributed by atoms with van der Waals surface area (Å²) in [6, 6.07) is 12.0. The summed E-state index contributed by atoms with van der Waals surface area (Å²) in [5.74, 6) is 0.113. The van der Waals surface area contributed by atoms with E-state index in [-0.39, 0.29) is 11.7 Å². The Morgan fingerprint density at radius 2 is 1.92 bits per heavy atom. The lowest BCUT2D eigenvalue weighted by molar-refractivity contribution is 0.0842. The number of Topliss-reactive ketones (excluding diaryl/α,β-unsaturated/α-hetero) is 1. The molecule has 0 radical (unpaired) electrons. The minimum atomic E-state index is -0.694. The van der Waals surface area contributed by atoms with E-state index in [9.17, 15) is 9.59 Å². The van der Waals surface area contributed by atoms with Crippen LogP contribution >= 0.6 is 11.6 Å². The molecule has 5 nitrogen and oxygen atoms in total. The first-order chi connectivity index (χ1) is 11.5. The second-order valence-electron chi connectivity index (χ2n) is 5.66. The number of halogens is 1. The number of carbonyl (C=O) groups is 2. The smallest absolute Gasteiger partial charge is 0.259 e.